The van der Waals surface area contributed by atoms with Gasteiger partial charge in [0, 0.05) is 23.4 Å². The number of halogens is 5. The van der Waals surface area contributed by atoms with Gasteiger partial charge in [-0.1, -0.05) is 41.4 Å². The number of carbonyl (C=O) groups excluding carboxylic acids is 1. The normalized spacial score (nSPS) is 13.2. The average Bonchev–Trinajstić information content (AvgIpc) is 3.39. The summed E-state index contributed by atoms with van der Waals surface area (Å²) in [6.07, 6.45) is 1.77. The van der Waals surface area contributed by atoms with Crippen molar-refractivity contribution in [1.82, 2.24) is 0 Å². The van der Waals surface area contributed by atoms with Crippen LogP contribution in [-0.2, 0) is 17.7 Å². The Morgan fingerprint density at radius 3 is 2.59 bits per heavy atom. The maximum Gasteiger partial charge on any atom is 0.387 e. The van der Waals surface area contributed by atoms with Crippen LogP contribution in [0.2, 0.25) is 10.0 Å². The molecular formula is C27H22Cl2F3N2O4S+. The number of hydrogen-bond donors (Lipinski definition) is 1. The first-order chi connectivity index (χ1) is 19.9. The van der Waals surface area contributed by atoms with Crippen molar-refractivity contribution in [3.05, 3.63) is 104 Å². The van der Waals surface area contributed by atoms with Crippen LogP contribution < -0.4 is 19.8 Å². The average molecular weight is 601 g/mol. The van der Waals surface area contributed by atoms with Crippen LogP contribution in [0.4, 0.5) is 18.9 Å². The Balaban J connectivity index is 1.62. The van der Waals surface area contributed by atoms with Crippen LogP contribution in [0.3, 0.4) is 0 Å². The third-order valence-corrected chi connectivity index (χ3v) is 7.23. The summed E-state index contributed by atoms with van der Waals surface area (Å²) < 4.78 is 77.2. The van der Waals surface area contributed by atoms with Crippen molar-refractivity contribution in [2.45, 2.75) is 25.7 Å². The van der Waals surface area contributed by atoms with Crippen molar-refractivity contribution in [3.63, 3.8) is 0 Å². The number of methoxy groups -OCH3 is 1. The van der Waals surface area contributed by atoms with Gasteiger partial charge in [0.25, 0.3) is 0 Å². The first-order valence-electron chi connectivity index (χ1n) is 12.8. The predicted molar refractivity (Wildman–Crippen MR) is 143 cm³/mol. The number of benzene rings is 2. The van der Waals surface area contributed by atoms with Crippen molar-refractivity contribution in [1.29, 1.82) is 0 Å². The number of hydrogen-bond acceptors (Lipinski definition) is 6. The van der Waals surface area contributed by atoms with E-state index < -0.39 is 43.0 Å². The first kappa shape index (κ1) is 24.6. The van der Waals surface area contributed by atoms with Gasteiger partial charge in [-0.2, -0.15) is 8.78 Å². The highest BCUT2D eigenvalue weighted by atomic mass is 35.5. The molecule has 4 aromatic rings. The van der Waals surface area contributed by atoms with E-state index in [-0.39, 0.29) is 33.5 Å². The number of thiophene rings is 1. The zero-order valence-electron chi connectivity index (χ0n) is 22.9. The van der Waals surface area contributed by atoms with Crippen molar-refractivity contribution < 1.29 is 41.3 Å². The standard InChI is InChI=1S/C27H21Cl2F3N2O4S/c1-36-24-10-15(6-8-22(24)38-27(31)32)23(11-17-18(28)13-33-14-19(17)29)37-26(35)25-9-7-16(39-25)12-34-21-5-3-2-4-20(21)30/h2-10,13-14,23,27,34H,11-12H2,1H3/p+1/t23-/m0/s1/i1D3. The molecule has 204 valence electrons. The molecule has 0 radical (unpaired) electrons. The third kappa shape index (κ3) is 7.35. The number of carbonyl (C=O) groups is 1. The molecule has 2 N–H and O–H groups in total. The number of para-hydroxylation sites is 1. The topological polar surface area (TPSA) is 70.9 Å². The zero-order valence-corrected chi connectivity index (χ0v) is 22.2. The van der Waals surface area contributed by atoms with E-state index in [2.05, 4.69) is 15.0 Å². The molecule has 12 heteroatoms. The fourth-order valence-electron chi connectivity index (χ4n) is 3.64. The van der Waals surface area contributed by atoms with Crippen LogP contribution in [0.5, 0.6) is 11.5 Å². The smallest absolute Gasteiger partial charge is 0.387 e. The van der Waals surface area contributed by atoms with Gasteiger partial charge in [-0.3, -0.25) is 0 Å². The molecule has 6 nitrogen and oxygen atoms in total. The molecule has 0 fully saturated rings. The number of aromatic nitrogens is 1. The highest BCUT2D eigenvalue weighted by molar-refractivity contribution is 7.13. The summed E-state index contributed by atoms with van der Waals surface area (Å²) >= 11 is 13.8. The van der Waals surface area contributed by atoms with Crippen LogP contribution in [-0.4, -0.2) is 19.6 Å². The number of esters is 1. The Hall–Kier alpha value is -3.47. The first-order valence-corrected chi connectivity index (χ1v) is 12.9. The van der Waals surface area contributed by atoms with E-state index in [1.807, 2.05) is 0 Å². The third-order valence-electron chi connectivity index (χ3n) is 5.49. The molecule has 0 spiro atoms. The Bertz CT molecular complexity index is 1540. The fourth-order valence-corrected chi connectivity index (χ4v) is 5.00. The van der Waals surface area contributed by atoms with E-state index >= 15 is 0 Å². The lowest BCUT2D eigenvalue weighted by Gasteiger charge is -2.20. The van der Waals surface area contributed by atoms with E-state index in [4.69, 9.17) is 36.8 Å². The number of ether oxygens (including phenoxy) is 3. The van der Waals surface area contributed by atoms with Crippen molar-refractivity contribution in [2.24, 2.45) is 0 Å². The maximum atomic E-state index is 13.9. The summed E-state index contributed by atoms with van der Waals surface area (Å²) in [6, 6.07) is 12.9. The van der Waals surface area contributed by atoms with Crippen LogP contribution in [0.15, 0.2) is 67.0 Å². The molecule has 0 amide bonds. The Morgan fingerprint density at radius 2 is 1.87 bits per heavy atom. The molecule has 2 aromatic carbocycles. The zero-order chi connectivity index (χ0) is 30.4. The van der Waals surface area contributed by atoms with Crippen molar-refractivity contribution in [3.8, 4) is 11.5 Å². The second-order valence-corrected chi connectivity index (χ2v) is 10.00. The molecule has 0 saturated carbocycles. The lowest BCUT2D eigenvalue weighted by molar-refractivity contribution is -0.377. The number of anilines is 1. The molecule has 1 atom stereocenters. The molecule has 0 aliphatic rings. The number of alkyl halides is 2. The summed E-state index contributed by atoms with van der Waals surface area (Å²) in [5.41, 5.74) is 0.905. The van der Waals surface area contributed by atoms with Crippen molar-refractivity contribution in [2.75, 3.05) is 12.4 Å². The molecule has 0 unspecified atom stereocenters. The Kier molecular flexibility index (Phi) is 8.22. The van der Waals surface area contributed by atoms with Gasteiger partial charge in [0.05, 0.1) is 16.8 Å². The van der Waals surface area contributed by atoms with Crippen LogP contribution in [0.1, 0.15) is 35.9 Å². The van der Waals surface area contributed by atoms with Crippen LogP contribution in [0, 0.1) is 5.82 Å². The summed E-state index contributed by atoms with van der Waals surface area (Å²) in [5, 5.41) is 3.43. The molecule has 2 aromatic heterocycles. The summed E-state index contributed by atoms with van der Waals surface area (Å²) in [7, 11) is -2.99. The second kappa shape index (κ2) is 13.1. The van der Waals surface area contributed by atoms with E-state index in [1.54, 1.807) is 30.3 Å². The van der Waals surface area contributed by atoms with Gasteiger partial charge in [-0.25, -0.2) is 14.2 Å². The second-order valence-electron chi connectivity index (χ2n) is 8.01. The summed E-state index contributed by atoms with van der Waals surface area (Å²) in [6.45, 7) is -3.00. The quantitative estimate of drug-likeness (QED) is 0.182. The monoisotopic (exact) mass is 600 g/mol. The van der Waals surface area contributed by atoms with E-state index in [0.717, 1.165) is 23.5 Å². The number of aromatic amines is 1. The van der Waals surface area contributed by atoms with E-state index in [9.17, 15) is 18.0 Å². The number of nitrogens with one attached hydrogen (secondary N) is 2. The minimum Gasteiger partial charge on any atom is -0.493 e. The maximum absolute atomic E-state index is 13.9. The minimum atomic E-state index is -3.25. The number of H-pyrrole nitrogens is 1. The van der Waals surface area contributed by atoms with Gasteiger partial charge in [-0.05, 0) is 42.0 Å². The van der Waals surface area contributed by atoms with Gasteiger partial charge >= 0.3 is 12.6 Å². The van der Waals surface area contributed by atoms with Gasteiger partial charge in [0.2, 0.25) is 0 Å². The predicted octanol–water partition coefficient (Wildman–Crippen LogP) is 7.37. The number of rotatable bonds is 11. The van der Waals surface area contributed by atoms with Gasteiger partial charge < -0.3 is 19.5 Å². The van der Waals surface area contributed by atoms with Gasteiger partial charge in [0.1, 0.15) is 26.8 Å². The fraction of sp³-hybridized carbons (Fsp3) is 0.185. The largest absolute Gasteiger partial charge is 0.493 e. The number of pyridine rings is 1. The molecule has 0 aliphatic carbocycles. The molecule has 0 bridgehead atoms. The Labute approximate surface area is 240 Å². The Morgan fingerprint density at radius 1 is 1.10 bits per heavy atom. The lowest BCUT2D eigenvalue weighted by atomic mass is 10.0. The van der Waals surface area contributed by atoms with Gasteiger partial charge in [0.15, 0.2) is 23.9 Å². The molecule has 0 aliphatic heterocycles. The van der Waals surface area contributed by atoms with Crippen LogP contribution >= 0.6 is 34.5 Å². The summed E-state index contributed by atoms with van der Waals surface area (Å²) in [4.78, 5) is 17.0. The molecule has 4 rings (SSSR count). The van der Waals surface area contributed by atoms with E-state index in [0.29, 0.717) is 16.1 Å². The lowest BCUT2D eigenvalue weighted by Crippen LogP contribution is -2.15. The van der Waals surface area contributed by atoms with Gasteiger partial charge in [-0.15, -0.1) is 11.3 Å². The SMILES string of the molecule is [2H]C([2H])([2H])Oc1cc([C@H](Cc2c(Cl)c[nH+]cc2Cl)OC(=O)c2ccc(CNc3ccccc3F)s2)ccc1OC(F)F. The summed E-state index contributed by atoms with van der Waals surface area (Å²) in [5.74, 6) is -2.18. The van der Waals surface area contributed by atoms with Crippen molar-refractivity contribution >= 4 is 46.2 Å². The van der Waals surface area contributed by atoms with Crippen LogP contribution in [0.25, 0.3) is 0 Å². The minimum absolute atomic E-state index is 0.0621. The highest BCUT2D eigenvalue weighted by Gasteiger charge is 2.25. The molecule has 39 heavy (non-hydrogen) atoms. The molecule has 2 heterocycles. The highest BCUT2D eigenvalue weighted by Crippen LogP contribution is 2.36. The molecular weight excluding hydrogens is 576 g/mol. The van der Waals surface area contributed by atoms with E-state index in [1.165, 1.54) is 24.5 Å². The molecule has 0 saturated heterocycles.